The van der Waals surface area contributed by atoms with Gasteiger partial charge in [0, 0.05) is 22.0 Å². The quantitative estimate of drug-likeness (QED) is 0.249. The van der Waals surface area contributed by atoms with Crippen molar-refractivity contribution in [2.75, 3.05) is 13.7 Å². The van der Waals surface area contributed by atoms with Crippen LogP contribution in [0.5, 0.6) is 23.0 Å². The molecule has 3 aromatic rings. The fourth-order valence-electron chi connectivity index (χ4n) is 4.73. The van der Waals surface area contributed by atoms with Crippen molar-refractivity contribution in [2.24, 2.45) is 5.10 Å². The number of rotatable bonds is 9. The average Bonchev–Trinajstić information content (AvgIpc) is 3.34. The van der Waals surface area contributed by atoms with Crippen molar-refractivity contribution in [3.05, 3.63) is 81.8 Å². The van der Waals surface area contributed by atoms with Crippen molar-refractivity contribution in [3.63, 3.8) is 0 Å². The predicted octanol–water partition coefficient (Wildman–Crippen LogP) is 7.67. The first kappa shape index (κ1) is 25.5. The molecule has 2 aliphatic heterocycles. The molecule has 37 heavy (non-hydrogen) atoms. The lowest BCUT2D eigenvalue weighted by atomic mass is 9.96. The maximum Gasteiger partial charge on any atom is 0.214 e. The molecule has 6 nitrogen and oxygen atoms in total. The lowest BCUT2D eigenvalue weighted by molar-refractivity contribution is -0.0192. The van der Waals surface area contributed by atoms with E-state index in [-0.39, 0.29) is 12.1 Å². The first-order valence-electron chi connectivity index (χ1n) is 12.9. The molecule has 0 saturated heterocycles. The molecule has 0 N–H and O–H groups in total. The SMILES string of the molecule is CCCCOc1ccc([C@@H]2Oc3ccc(Br)cc3[C@@H]3CC(c4ccc(OC(C)C)cc4)=NN32)cc1OC. The summed E-state index contributed by atoms with van der Waals surface area (Å²) in [6.45, 7) is 6.87. The Morgan fingerprint density at radius 1 is 1.05 bits per heavy atom. The number of hydrogen-bond donors (Lipinski definition) is 0. The normalized spacial score (nSPS) is 18.1. The van der Waals surface area contributed by atoms with Gasteiger partial charge in [-0.05, 0) is 86.5 Å². The summed E-state index contributed by atoms with van der Waals surface area (Å²) in [5, 5.41) is 7.17. The molecule has 0 bridgehead atoms. The van der Waals surface area contributed by atoms with E-state index in [4.69, 9.17) is 24.0 Å². The molecular weight excluding hydrogens is 532 g/mol. The van der Waals surface area contributed by atoms with E-state index in [1.54, 1.807) is 7.11 Å². The van der Waals surface area contributed by atoms with E-state index in [2.05, 4.69) is 46.1 Å². The van der Waals surface area contributed by atoms with Crippen LogP contribution in [0.2, 0.25) is 0 Å². The van der Waals surface area contributed by atoms with Crippen LogP contribution in [0.25, 0.3) is 0 Å². The van der Waals surface area contributed by atoms with Gasteiger partial charge in [-0.3, -0.25) is 0 Å². The number of unbranched alkanes of at least 4 members (excludes halogenated alkanes) is 1. The van der Waals surface area contributed by atoms with Crippen LogP contribution >= 0.6 is 15.9 Å². The van der Waals surface area contributed by atoms with Gasteiger partial charge in [-0.25, -0.2) is 5.01 Å². The zero-order chi connectivity index (χ0) is 25.9. The number of ether oxygens (including phenoxy) is 4. The number of methoxy groups -OCH3 is 1. The second-order valence-corrected chi connectivity index (χ2v) is 10.5. The lowest BCUT2D eigenvalue weighted by Gasteiger charge is -2.38. The van der Waals surface area contributed by atoms with Crippen LogP contribution in [0.4, 0.5) is 0 Å². The second kappa shape index (κ2) is 11.1. The Kier molecular flexibility index (Phi) is 7.60. The van der Waals surface area contributed by atoms with Gasteiger partial charge in [0.05, 0.1) is 31.6 Å². The minimum Gasteiger partial charge on any atom is -0.493 e. The summed E-state index contributed by atoms with van der Waals surface area (Å²) in [6.07, 6.45) is 2.61. The zero-order valence-electron chi connectivity index (χ0n) is 21.7. The molecule has 0 aliphatic carbocycles. The molecule has 3 aromatic carbocycles. The maximum atomic E-state index is 6.55. The molecule has 5 rings (SSSR count). The van der Waals surface area contributed by atoms with Crippen molar-refractivity contribution in [2.45, 2.75) is 58.4 Å². The highest BCUT2D eigenvalue weighted by Crippen LogP contribution is 2.49. The largest absolute Gasteiger partial charge is 0.493 e. The molecule has 0 aromatic heterocycles. The highest BCUT2D eigenvalue weighted by atomic mass is 79.9. The van der Waals surface area contributed by atoms with Gasteiger partial charge >= 0.3 is 0 Å². The highest BCUT2D eigenvalue weighted by Gasteiger charge is 2.41. The van der Waals surface area contributed by atoms with Crippen LogP contribution in [0, 0.1) is 0 Å². The number of benzene rings is 3. The van der Waals surface area contributed by atoms with E-state index >= 15 is 0 Å². The van der Waals surface area contributed by atoms with Gasteiger partial charge in [-0.2, -0.15) is 5.10 Å². The lowest BCUT2D eigenvalue weighted by Crippen LogP contribution is -2.33. The Balaban J connectivity index is 1.48. The van der Waals surface area contributed by atoms with Crippen molar-refractivity contribution in [1.82, 2.24) is 5.01 Å². The molecule has 0 amide bonds. The van der Waals surface area contributed by atoms with Crippen molar-refractivity contribution in [3.8, 4) is 23.0 Å². The Hall–Kier alpha value is -3.19. The third-order valence-corrected chi connectivity index (χ3v) is 7.03. The van der Waals surface area contributed by atoms with E-state index < -0.39 is 6.23 Å². The molecule has 2 heterocycles. The molecule has 0 saturated carbocycles. The molecule has 0 unspecified atom stereocenters. The Bertz CT molecular complexity index is 1280. The topological polar surface area (TPSA) is 52.5 Å². The van der Waals surface area contributed by atoms with Crippen LogP contribution < -0.4 is 18.9 Å². The first-order valence-corrected chi connectivity index (χ1v) is 13.7. The van der Waals surface area contributed by atoms with Gasteiger partial charge in [0.25, 0.3) is 0 Å². The standard InChI is InChI=1S/C30H33BrN2O4/c1-5-6-15-35-28-13-9-21(16-29(28)34-4)30-33-26(24-17-22(31)10-14-27(24)37-30)18-25(32-33)20-7-11-23(12-8-20)36-19(2)3/h7-14,16-17,19,26,30H,5-6,15,18H2,1-4H3/t26-,30-/m0/s1. The van der Waals surface area contributed by atoms with Crippen molar-refractivity contribution in [1.29, 1.82) is 0 Å². The van der Waals surface area contributed by atoms with E-state index in [1.165, 1.54) is 0 Å². The summed E-state index contributed by atoms with van der Waals surface area (Å²) in [5.74, 6) is 3.16. The minimum atomic E-state index is -0.390. The van der Waals surface area contributed by atoms with E-state index in [0.717, 1.165) is 63.4 Å². The molecule has 0 radical (unpaired) electrons. The third-order valence-electron chi connectivity index (χ3n) is 6.54. The monoisotopic (exact) mass is 564 g/mol. The molecule has 7 heteroatoms. The second-order valence-electron chi connectivity index (χ2n) is 9.60. The minimum absolute atomic E-state index is 0.0549. The molecule has 2 atom stereocenters. The predicted molar refractivity (Wildman–Crippen MR) is 149 cm³/mol. The Morgan fingerprint density at radius 3 is 2.59 bits per heavy atom. The van der Waals surface area contributed by atoms with Crippen molar-refractivity contribution < 1.29 is 18.9 Å². The van der Waals surface area contributed by atoms with Crippen molar-refractivity contribution >= 4 is 21.6 Å². The average molecular weight is 566 g/mol. The summed E-state index contributed by atoms with van der Waals surface area (Å²) < 4.78 is 25.0. The number of hydrazone groups is 1. The number of halogens is 1. The van der Waals surface area contributed by atoms with Crippen LogP contribution in [0.3, 0.4) is 0 Å². The van der Waals surface area contributed by atoms with Crippen LogP contribution in [-0.4, -0.2) is 30.5 Å². The number of fused-ring (bicyclic) bond motifs is 3. The van der Waals surface area contributed by atoms with Crippen LogP contribution in [0.15, 0.2) is 70.2 Å². The third kappa shape index (κ3) is 5.42. The first-order chi connectivity index (χ1) is 18.0. The summed E-state index contributed by atoms with van der Waals surface area (Å²) in [5.41, 5.74) is 4.19. The van der Waals surface area contributed by atoms with E-state index in [0.29, 0.717) is 12.4 Å². The highest BCUT2D eigenvalue weighted by molar-refractivity contribution is 9.10. The fraction of sp³-hybridized carbons (Fsp3) is 0.367. The van der Waals surface area contributed by atoms with E-state index in [1.807, 2.05) is 56.3 Å². The molecule has 0 fully saturated rings. The summed E-state index contributed by atoms with van der Waals surface area (Å²) in [7, 11) is 1.67. The van der Waals surface area contributed by atoms with Gasteiger partial charge in [0.15, 0.2) is 11.5 Å². The van der Waals surface area contributed by atoms with Gasteiger partial charge < -0.3 is 18.9 Å². The molecular formula is C30H33BrN2O4. The van der Waals surface area contributed by atoms with Gasteiger partial charge in [-0.1, -0.05) is 29.3 Å². The fourth-order valence-corrected chi connectivity index (χ4v) is 5.11. The molecule has 194 valence electrons. The Labute approximate surface area is 227 Å². The van der Waals surface area contributed by atoms with Crippen LogP contribution in [-0.2, 0) is 0 Å². The maximum absolute atomic E-state index is 6.55. The van der Waals surface area contributed by atoms with Gasteiger partial charge in [0.2, 0.25) is 6.23 Å². The van der Waals surface area contributed by atoms with E-state index in [9.17, 15) is 0 Å². The van der Waals surface area contributed by atoms with Gasteiger partial charge in [-0.15, -0.1) is 0 Å². The Morgan fingerprint density at radius 2 is 1.86 bits per heavy atom. The molecule has 2 aliphatic rings. The smallest absolute Gasteiger partial charge is 0.214 e. The van der Waals surface area contributed by atoms with Gasteiger partial charge in [0.1, 0.15) is 11.5 Å². The summed E-state index contributed by atoms with van der Waals surface area (Å²) >= 11 is 3.63. The summed E-state index contributed by atoms with van der Waals surface area (Å²) in [6, 6.07) is 20.4. The zero-order valence-corrected chi connectivity index (χ0v) is 23.3. The molecule has 0 spiro atoms. The number of nitrogens with zero attached hydrogens (tertiary/aromatic N) is 2. The van der Waals surface area contributed by atoms with Crippen LogP contribution in [0.1, 0.15) is 69.0 Å². The summed E-state index contributed by atoms with van der Waals surface area (Å²) in [4.78, 5) is 0. The number of hydrogen-bond acceptors (Lipinski definition) is 6.